The van der Waals surface area contributed by atoms with E-state index in [-0.39, 0.29) is 18.3 Å². The highest BCUT2D eigenvalue weighted by Crippen LogP contribution is 2.33. The molecule has 0 unspecified atom stereocenters. The zero-order chi connectivity index (χ0) is 30.2. The third kappa shape index (κ3) is 7.79. The molecule has 0 aliphatic heterocycles. The predicted molar refractivity (Wildman–Crippen MR) is 164 cm³/mol. The van der Waals surface area contributed by atoms with Crippen molar-refractivity contribution < 1.29 is 23.5 Å². The van der Waals surface area contributed by atoms with Crippen LogP contribution in [0.5, 0.6) is 5.75 Å². The Labute approximate surface area is 253 Å². The third-order valence-electron chi connectivity index (χ3n) is 6.89. The minimum Gasteiger partial charge on any atom is -0.487 e. The van der Waals surface area contributed by atoms with Crippen LogP contribution in [0, 0.1) is 5.82 Å². The van der Waals surface area contributed by atoms with E-state index >= 15 is 0 Å². The maximum absolute atomic E-state index is 13.5. The summed E-state index contributed by atoms with van der Waals surface area (Å²) in [6.07, 6.45) is 4.26. The highest BCUT2D eigenvalue weighted by Gasteiger charge is 2.13. The van der Waals surface area contributed by atoms with E-state index in [0.29, 0.717) is 46.4 Å². The fraction of sp³-hybridized carbons (Fsp3) is 0.219. The van der Waals surface area contributed by atoms with Crippen LogP contribution in [0.25, 0.3) is 22.2 Å². The van der Waals surface area contributed by atoms with Crippen molar-refractivity contribution in [3.05, 3.63) is 95.5 Å². The molecule has 2 heterocycles. The topological polar surface area (TPSA) is 113 Å². The van der Waals surface area contributed by atoms with Gasteiger partial charge in [0.1, 0.15) is 36.1 Å². The molecular formula is C32H31ClFN5O4. The largest absolute Gasteiger partial charge is 0.487 e. The molecule has 2 aromatic heterocycles. The first-order chi connectivity index (χ1) is 20.9. The second-order valence-electron chi connectivity index (χ2n) is 10.0. The van der Waals surface area contributed by atoms with Gasteiger partial charge >= 0.3 is 0 Å². The predicted octanol–water partition coefficient (Wildman–Crippen LogP) is 7.51. The summed E-state index contributed by atoms with van der Waals surface area (Å²) in [6.45, 7) is 0.962. The smallest absolute Gasteiger partial charge is 0.243 e. The summed E-state index contributed by atoms with van der Waals surface area (Å²) in [5.74, 6) is 1.85. The fourth-order valence-electron chi connectivity index (χ4n) is 4.60. The second kappa shape index (κ2) is 14.0. The molecule has 0 aliphatic rings. The molecule has 0 fully saturated rings. The molecule has 9 nitrogen and oxygen atoms in total. The van der Waals surface area contributed by atoms with Crippen LogP contribution < -0.4 is 20.4 Å². The van der Waals surface area contributed by atoms with Gasteiger partial charge in [0.25, 0.3) is 0 Å². The highest BCUT2D eigenvalue weighted by molar-refractivity contribution is 6.32. The number of benzene rings is 3. The van der Waals surface area contributed by atoms with Gasteiger partial charge in [-0.1, -0.05) is 30.2 Å². The summed E-state index contributed by atoms with van der Waals surface area (Å²) in [5.41, 5.74) is 4.72. The average molecular weight is 604 g/mol. The Morgan fingerprint density at radius 2 is 1.93 bits per heavy atom. The Hall–Kier alpha value is -4.67. The molecule has 43 heavy (non-hydrogen) atoms. The molecule has 11 heteroatoms. The molecule has 0 spiro atoms. The van der Waals surface area contributed by atoms with Gasteiger partial charge in [-0.2, -0.15) is 0 Å². The lowest BCUT2D eigenvalue weighted by Gasteiger charge is -2.15. The van der Waals surface area contributed by atoms with Crippen LogP contribution in [0.2, 0.25) is 5.02 Å². The van der Waals surface area contributed by atoms with Gasteiger partial charge in [-0.05, 0) is 73.0 Å². The number of ether oxygens (including phenoxy) is 1. The number of anilines is 3. The van der Waals surface area contributed by atoms with Crippen LogP contribution in [0.1, 0.15) is 31.2 Å². The molecule has 3 N–H and O–H groups in total. The van der Waals surface area contributed by atoms with Crippen LogP contribution in [-0.2, 0) is 11.4 Å². The number of fused-ring (bicyclic) bond motifs is 1. The van der Waals surface area contributed by atoms with Crippen LogP contribution in [0.3, 0.4) is 0 Å². The van der Waals surface area contributed by atoms with Gasteiger partial charge in [-0.3, -0.25) is 10.0 Å². The Bertz CT molecular complexity index is 1710. The van der Waals surface area contributed by atoms with Crippen molar-refractivity contribution in [2.45, 2.75) is 32.3 Å². The van der Waals surface area contributed by atoms with Crippen molar-refractivity contribution in [2.24, 2.45) is 0 Å². The number of nitrogens with zero attached hydrogens (tertiary/aromatic N) is 3. The van der Waals surface area contributed by atoms with E-state index in [2.05, 4.69) is 15.3 Å². The zero-order valence-corrected chi connectivity index (χ0v) is 24.3. The molecule has 0 saturated heterocycles. The first-order valence-corrected chi connectivity index (χ1v) is 14.2. The number of carbonyl (C=O) groups is 1. The van der Waals surface area contributed by atoms with Gasteiger partial charge in [0.05, 0.1) is 10.5 Å². The number of aromatic nitrogens is 2. The minimum atomic E-state index is -0.367. The molecule has 0 bridgehead atoms. The minimum absolute atomic E-state index is 0.194. The van der Waals surface area contributed by atoms with Gasteiger partial charge < -0.3 is 19.4 Å². The van der Waals surface area contributed by atoms with Gasteiger partial charge in [0, 0.05) is 42.7 Å². The van der Waals surface area contributed by atoms with E-state index in [9.17, 15) is 9.18 Å². The van der Waals surface area contributed by atoms with Crippen molar-refractivity contribution in [1.82, 2.24) is 15.4 Å². The first kappa shape index (κ1) is 29.8. The number of hydroxylamine groups is 1. The maximum atomic E-state index is 13.5. The zero-order valence-electron chi connectivity index (χ0n) is 23.5. The van der Waals surface area contributed by atoms with Gasteiger partial charge in [0.2, 0.25) is 5.91 Å². The molecule has 0 aliphatic carbocycles. The Balaban J connectivity index is 1.25. The summed E-state index contributed by atoms with van der Waals surface area (Å²) in [5, 5.41) is 13.1. The Morgan fingerprint density at radius 1 is 1.05 bits per heavy atom. The number of nitrogens with one attached hydrogen (secondary N) is 2. The number of amides is 1. The van der Waals surface area contributed by atoms with Gasteiger partial charge in [0.15, 0.2) is 5.88 Å². The molecule has 0 radical (unpaired) electrons. The van der Waals surface area contributed by atoms with Crippen molar-refractivity contribution in [3.63, 3.8) is 0 Å². The summed E-state index contributed by atoms with van der Waals surface area (Å²) >= 11 is 6.50. The monoisotopic (exact) mass is 603 g/mol. The van der Waals surface area contributed by atoms with Crippen LogP contribution in [-0.4, -0.2) is 34.7 Å². The quantitative estimate of drug-likeness (QED) is 0.0720. The molecule has 0 atom stereocenters. The first-order valence-electron chi connectivity index (χ1n) is 13.8. The molecule has 1 amide bonds. The highest BCUT2D eigenvalue weighted by atomic mass is 35.5. The standard InChI is InChI=1S/C32H31ClFN5O4/c1-39(15-4-2-3-8-30(40)38-41)31-14-13-28(43-31)22-9-11-27-25(17-22)32(36-20-35-27)37-24-10-12-29(26(33)18-24)42-19-21-6-5-7-23(34)16-21/h5-7,9-14,16-18,20,41H,2-4,8,15,19H2,1H3,(H,38,40)(H,35,36,37). The number of hydrogen-bond acceptors (Lipinski definition) is 8. The number of rotatable bonds is 13. The third-order valence-corrected chi connectivity index (χ3v) is 7.18. The number of carbonyl (C=O) groups excluding carboxylic acids is 1. The maximum Gasteiger partial charge on any atom is 0.243 e. The average Bonchev–Trinajstić information content (AvgIpc) is 3.51. The van der Waals surface area contributed by atoms with Gasteiger partial charge in [-0.15, -0.1) is 0 Å². The summed E-state index contributed by atoms with van der Waals surface area (Å²) in [6, 6.07) is 21.3. The lowest BCUT2D eigenvalue weighted by molar-refractivity contribution is -0.129. The van der Waals surface area contributed by atoms with Crippen molar-refractivity contribution in [2.75, 3.05) is 23.8 Å². The van der Waals surface area contributed by atoms with E-state index in [1.165, 1.54) is 18.5 Å². The van der Waals surface area contributed by atoms with E-state index in [1.807, 2.05) is 48.3 Å². The normalized spacial score (nSPS) is 11.0. The van der Waals surface area contributed by atoms with Crippen LogP contribution >= 0.6 is 11.6 Å². The SMILES string of the molecule is CN(CCCCCC(=O)NO)c1ccc(-c2ccc3ncnc(Nc4ccc(OCc5cccc(F)c5)c(Cl)c4)c3c2)o1. The second-order valence-corrected chi connectivity index (χ2v) is 10.5. The fourth-order valence-corrected chi connectivity index (χ4v) is 4.83. The molecular weight excluding hydrogens is 573 g/mol. The molecule has 5 aromatic rings. The number of unbranched alkanes of at least 4 members (excludes halogenated alkanes) is 2. The molecule has 0 saturated carbocycles. The molecule has 222 valence electrons. The Morgan fingerprint density at radius 3 is 2.74 bits per heavy atom. The van der Waals surface area contributed by atoms with E-state index in [1.54, 1.807) is 29.7 Å². The van der Waals surface area contributed by atoms with E-state index in [0.717, 1.165) is 41.7 Å². The van der Waals surface area contributed by atoms with E-state index < -0.39 is 0 Å². The van der Waals surface area contributed by atoms with Gasteiger partial charge in [-0.25, -0.2) is 19.8 Å². The summed E-state index contributed by atoms with van der Waals surface area (Å²) in [4.78, 5) is 22.0. The molecule has 5 rings (SSSR count). The summed E-state index contributed by atoms with van der Waals surface area (Å²) < 4.78 is 25.4. The van der Waals surface area contributed by atoms with Crippen molar-refractivity contribution in [1.29, 1.82) is 0 Å². The van der Waals surface area contributed by atoms with Crippen LogP contribution in [0.15, 0.2) is 83.5 Å². The van der Waals surface area contributed by atoms with Crippen molar-refractivity contribution in [3.8, 4) is 17.1 Å². The lowest BCUT2D eigenvalue weighted by Crippen LogP contribution is -2.19. The number of furan rings is 1. The van der Waals surface area contributed by atoms with Crippen molar-refractivity contribution >= 4 is 45.8 Å². The molecule has 3 aromatic carbocycles. The number of hydrogen-bond donors (Lipinski definition) is 3. The van der Waals surface area contributed by atoms with Crippen LogP contribution in [0.4, 0.5) is 21.8 Å². The van der Waals surface area contributed by atoms with E-state index in [4.69, 9.17) is 26.0 Å². The lowest BCUT2D eigenvalue weighted by atomic mass is 10.1. The number of halogens is 2. The summed E-state index contributed by atoms with van der Waals surface area (Å²) in [7, 11) is 1.96. The Kier molecular flexibility index (Phi) is 9.70.